The first-order valence-electron chi connectivity index (χ1n) is 8.07. The molecule has 2 atom stereocenters. The normalized spacial score (nSPS) is 24.1. The summed E-state index contributed by atoms with van der Waals surface area (Å²) in [4.78, 5) is 4.42. The number of oxazole rings is 1. The zero-order valence-electron chi connectivity index (χ0n) is 12.5. The summed E-state index contributed by atoms with van der Waals surface area (Å²) in [6, 6.07) is 13.0. The van der Waals surface area contributed by atoms with Crippen LogP contribution in [0.25, 0.3) is 0 Å². The molecule has 1 aromatic carbocycles. The molecular formula is C18H19N3O. The molecule has 4 rings (SSSR count). The lowest BCUT2D eigenvalue weighted by Crippen LogP contribution is -2.14. The van der Waals surface area contributed by atoms with Crippen LogP contribution < -0.4 is 5.32 Å². The molecule has 0 radical (unpaired) electrons. The van der Waals surface area contributed by atoms with Crippen LogP contribution >= 0.6 is 0 Å². The van der Waals surface area contributed by atoms with Crippen LogP contribution in [-0.2, 0) is 0 Å². The van der Waals surface area contributed by atoms with E-state index in [1.54, 1.807) is 0 Å². The molecule has 2 unspecified atom stereocenters. The highest BCUT2D eigenvalue weighted by Gasteiger charge is 2.43. The molecular weight excluding hydrogens is 274 g/mol. The van der Waals surface area contributed by atoms with E-state index in [0.29, 0.717) is 35.3 Å². The van der Waals surface area contributed by atoms with Gasteiger partial charge in [-0.05, 0) is 30.7 Å². The van der Waals surface area contributed by atoms with Gasteiger partial charge in [0.25, 0.3) is 0 Å². The van der Waals surface area contributed by atoms with Gasteiger partial charge in [0.05, 0.1) is 0 Å². The monoisotopic (exact) mass is 293 g/mol. The molecule has 2 fully saturated rings. The Morgan fingerprint density at radius 3 is 2.64 bits per heavy atom. The predicted molar refractivity (Wildman–Crippen MR) is 83.6 cm³/mol. The van der Waals surface area contributed by atoms with E-state index < -0.39 is 0 Å². The number of nitrogens with one attached hydrogen (secondary N) is 1. The maximum atomic E-state index is 9.28. The topological polar surface area (TPSA) is 61.9 Å². The second-order valence-corrected chi connectivity index (χ2v) is 6.33. The molecule has 0 saturated heterocycles. The Morgan fingerprint density at radius 2 is 1.91 bits per heavy atom. The molecule has 4 heteroatoms. The summed E-state index contributed by atoms with van der Waals surface area (Å²) in [5.74, 6) is 2.08. The minimum absolute atomic E-state index is 0.314. The highest BCUT2D eigenvalue weighted by molar-refractivity contribution is 5.47. The van der Waals surface area contributed by atoms with E-state index in [0.717, 1.165) is 19.3 Å². The fourth-order valence-electron chi connectivity index (χ4n) is 3.46. The summed E-state index contributed by atoms with van der Waals surface area (Å²) < 4.78 is 5.90. The van der Waals surface area contributed by atoms with Gasteiger partial charge in [-0.15, -0.1) is 0 Å². The van der Waals surface area contributed by atoms with Crippen LogP contribution in [0, 0.1) is 11.3 Å². The van der Waals surface area contributed by atoms with Crippen molar-refractivity contribution in [1.82, 2.24) is 4.98 Å². The molecule has 0 aliphatic heterocycles. The van der Waals surface area contributed by atoms with E-state index in [2.05, 4.69) is 40.6 Å². The smallest absolute Gasteiger partial charge is 0.232 e. The third kappa shape index (κ3) is 2.48. The van der Waals surface area contributed by atoms with Crippen molar-refractivity contribution in [1.29, 1.82) is 5.26 Å². The van der Waals surface area contributed by atoms with Crippen molar-refractivity contribution < 1.29 is 4.42 Å². The summed E-state index contributed by atoms with van der Waals surface area (Å²) in [7, 11) is 0. The second-order valence-electron chi connectivity index (χ2n) is 6.33. The number of anilines is 1. The van der Waals surface area contributed by atoms with Crippen molar-refractivity contribution in [3.63, 3.8) is 0 Å². The molecule has 22 heavy (non-hydrogen) atoms. The fourth-order valence-corrected chi connectivity index (χ4v) is 3.46. The number of aromatic nitrogens is 1. The SMILES string of the molecule is N#Cc1nc(C2CC2c2ccccc2)oc1NC1CCCC1. The van der Waals surface area contributed by atoms with Crippen LogP contribution in [0.2, 0.25) is 0 Å². The van der Waals surface area contributed by atoms with Gasteiger partial charge >= 0.3 is 0 Å². The zero-order valence-corrected chi connectivity index (χ0v) is 12.5. The maximum absolute atomic E-state index is 9.28. The van der Waals surface area contributed by atoms with E-state index >= 15 is 0 Å². The van der Waals surface area contributed by atoms with Gasteiger partial charge in [-0.1, -0.05) is 43.2 Å². The fraction of sp³-hybridized carbons (Fsp3) is 0.444. The maximum Gasteiger partial charge on any atom is 0.232 e. The number of nitriles is 1. The third-order valence-electron chi connectivity index (χ3n) is 4.78. The average Bonchev–Trinajstić information content (AvgIpc) is 3.00. The predicted octanol–water partition coefficient (Wildman–Crippen LogP) is 4.17. The molecule has 1 heterocycles. The van der Waals surface area contributed by atoms with Crippen molar-refractivity contribution in [2.75, 3.05) is 5.32 Å². The lowest BCUT2D eigenvalue weighted by Gasteiger charge is -2.09. The van der Waals surface area contributed by atoms with Gasteiger partial charge in [0.15, 0.2) is 0 Å². The molecule has 2 saturated carbocycles. The Balaban J connectivity index is 1.51. The molecule has 2 aliphatic carbocycles. The summed E-state index contributed by atoms with van der Waals surface area (Å²) >= 11 is 0. The van der Waals surface area contributed by atoms with Gasteiger partial charge in [-0.25, -0.2) is 4.98 Å². The van der Waals surface area contributed by atoms with Crippen molar-refractivity contribution >= 4 is 5.88 Å². The third-order valence-corrected chi connectivity index (χ3v) is 4.78. The number of nitrogens with zero attached hydrogens (tertiary/aromatic N) is 2. The first kappa shape index (κ1) is 13.4. The van der Waals surface area contributed by atoms with Gasteiger partial charge in [-0.3, -0.25) is 0 Å². The Kier molecular flexibility index (Phi) is 3.34. The van der Waals surface area contributed by atoms with E-state index in [4.69, 9.17) is 4.42 Å². The Hall–Kier alpha value is -2.28. The number of hydrogen-bond donors (Lipinski definition) is 1. The molecule has 4 nitrogen and oxygen atoms in total. The summed E-state index contributed by atoms with van der Waals surface area (Å²) in [5, 5.41) is 12.6. The first-order chi connectivity index (χ1) is 10.8. The van der Waals surface area contributed by atoms with Crippen molar-refractivity contribution in [3.8, 4) is 6.07 Å². The summed E-state index contributed by atoms with van der Waals surface area (Å²) in [6.45, 7) is 0. The second kappa shape index (κ2) is 5.49. The van der Waals surface area contributed by atoms with Crippen LogP contribution in [0.1, 0.15) is 61.1 Å². The Bertz CT molecular complexity index is 695. The van der Waals surface area contributed by atoms with Crippen LogP contribution in [0.3, 0.4) is 0 Å². The highest BCUT2D eigenvalue weighted by atomic mass is 16.4. The van der Waals surface area contributed by atoms with Crippen LogP contribution in [0.15, 0.2) is 34.7 Å². The highest BCUT2D eigenvalue weighted by Crippen LogP contribution is 2.54. The van der Waals surface area contributed by atoms with E-state index in [9.17, 15) is 5.26 Å². The van der Waals surface area contributed by atoms with Gasteiger partial charge in [0.1, 0.15) is 6.07 Å². The van der Waals surface area contributed by atoms with Gasteiger partial charge in [0, 0.05) is 12.0 Å². The van der Waals surface area contributed by atoms with Gasteiger partial charge < -0.3 is 9.73 Å². The minimum Gasteiger partial charge on any atom is -0.424 e. The van der Waals surface area contributed by atoms with Crippen LogP contribution in [0.5, 0.6) is 0 Å². The average molecular weight is 293 g/mol. The van der Waals surface area contributed by atoms with Crippen molar-refractivity contribution in [2.45, 2.75) is 50.0 Å². The molecule has 2 aromatic rings. The number of benzene rings is 1. The largest absolute Gasteiger partial charge is 0.424 e. The van der Waals surface area contributed by atoms with Crippen LogP contribution in [-0.4, -0.2) is 11.0 Å². The lowest BCUT2D eigenvalue weighted by atomic mass is 10.1. The molecule has 0 bridgehead atoms. The quantitative estimate of drug-likeness (QED) is 0.919. The molecule has 112 valence electrons. The van der Waals surface area contributed by atoms with E-state index in [-0.39, 0.29) is 0 Å². The van der Waals surface area contributed by atoms with Gasteiger partial charge in [-0.2, -0.15) is 5.26 Å². The summed E-state index contributed by atoms with van der Waals surface area (Å²) in [5.41, 5.74) is 1.73. The molecule has 0 amide bonds. The minimum atomic E-state index is 0.314. The first-order valence-corrected chi connectivity index (χ1v) is 8.07. The standard InChI is InChI=1S/C18H19N3O/c19-11-16-18(20-13-8-4-5-9-13)22-17(21-16)15-10-14(15)12-6-2-1-3-7-12/h1-3,6-7,13-15,20H,4-5,8-10H2. The number of rotatable bonds is 4. The number of hydrogen-bond acceptors (Lipinski definition) is 4. The molecule has 0 spiro atoms. The molecule has 1 N–H and O–H groups in total. The van der Waals surface area contributed by atoms with E-state index in [1.807, 2.05) is 6.07 Å². The Labute approximate surface area is 130 Å². The zero-order chi connectivity index (χ0) is 14.9. The van der Waals surface area contributed by atoms with E-state index in [1.165, 1.54) is 18.4 Å². The summed E-state index contributed by atoms with van der Waals surface area (Å²) in [6.07, 6.45) is 5.85. The van der Waals surface area contributed by atoms with Crippen LogP contribution in [0.4, 0.5) is 5.88 Å². The Morgan fingerprint density at radius 1 is 1.14 bits per heavy atom. The molecule has 1 aromatic heterocycles. The molecule has 2 aliphatic rings. The van der Waals surface area contributed by atoms with Crippen molar-refractivity contribution in [3.05, 3.63) is 47.5 Å². The lowest BCUT2D eigenvalue weighted by molar-refractivity contribution is 0.498. The van der Waals surface area contributed by atoms with Gasteiger partial charge in [0.2, 0.25) is 17.5 Å². The van der Waals surface area contributed by atoms with Crippen molar-refractivity contribution in [2.24, 2.45) is 0 Å².